The summed E-state index contributed by atoms with van der Waals surface area (Å²) in [5.41, 5.74) is 1.36. The number of carbonyl (C=O) groups excluding carboxylic acids is 1. The van der Waals surface area contributed by atoms with E-state index in [4.69, 9.17) is 0 Å². The van der Waals surface area contributed by atoms with E-state index >= 15 is 0 Å². The highest BCUT2D eigenvalue weighted by molar-refractivity contribution is 7.89. The molecule has 2 aromatic carbocycles. The molecule has 0 atom stereocenters. The summed E-state index contributed by atoms with van der Waals surface area (Å²) in [5.74, 6) is -0.279. The minimum Gasteiger partial charge on any atom is -0.332 e. The predicted octanol–water partition coefficient (Wildman–Crippen LogP) is 5.01. The van der Waals surface area contributed by atoms with Crippen LogP contribution in [0.2, 0.25) is 0 Å². The predicted molar refractivity (Wildman–Crippen MR) is 140 cm³/mol. The van der Waals surface area contributed by atoms with Gasteiger partial charge in [-0.25, -0.2) is 8.42 Å². The van der Waals surface area contributed by atoms with Crippen molar-refractivity contribution in [2.45, 2.75) is 24.9 Å². The number of nitrogens with zero attached hydrogens (tertiary/aromatic N) is 3. The quantitative estimate of drug-likeness (QED) is 0.284. The van der Waals surface area contributed by atoms with Gasteiger partial charge in [-0.3, -0.25) is 9.78 Å². The molecule has 0 spiro atoms. The molecule has 0 aliphatic carbocycles. The van der Waals surface area contributed by atoms with Crippen molar-refractivity contribution in [3.8, 4) is 0 Å². The van der Waals surface area contributed by atoms with Gasteiger partial charge in [0, 0.05) is 34.4 Å². The maximum Gasteiger partial charge on any atom is 0.246 e. The maximum absolute atomic E-state index is 13.7. The van der Waals surface area contributed by atoms with E-state index in [1.54, 1.807) is 34.6 Å². The number of pyridine rings is 1. The lowest BCUT2D eigenvalue weighted by Gasteiger charge is -2.27. The molecule has 4 rings (SSSR count). The van der Waals surface area contributed by atoms with Crippen molar-refractivity contribution in [1.82, 2.24) is 14.2 Å². The Kier molecular flexibility index (Phi) is 7.75. The first-order chi connectivity index (χ1) is 16.9. The third-order valence-electron chi connectivity index (χ3n) is 5.57. The number of aromatic nitrogens is 1. The summed E-state index contributed by atoms with van der Waals surface area (Å²) < 4.78 is 28.5. The van der Waals surface area contributed by atoms with Crippen LogP contribution in [0.3, 0.4) is 0 Å². The molecule has 180 valence electrons. The molecule has 0 N–H and O–H groups in total. The van der Waals surface area contributed by atoms with Gasteiger partial charge >= 0.3 is 0 Å². The first-order valence-corrected chi connectivity index (χ1v) is 13.5. The van der Waals surface area contributed by atoms with Crippen LogP contribution >= 0.6 is 11.3 Å². The van der Waals surface area contributed by atoms with Crippen LogP contribution in [0, 0.1) is 6.92 Å². The molecule has 0 aliphatic heterocycles. The van der Waals surface area contributed by atoms with E-state index in [2.05, 4.69) is 11.6 Å². The number of fused-ring (bicyclic) bond motifs is 1. The Hall–Kier alpha value is -3.33. The molecule has 0 unspecified atom stereocenters. The highest BCUT2D eigenvalue weighted by atomic mass is 32.2. The Bertz CT molecular complexity index is 1430. The number of benzene rings is 2. The third-order valence-corrected chi connectivity index (χ3v) is 8.40. The average Bonchev–Trinajstić information content (AvgIpc) is 3.28. The zero-order chi connectivity index (χ0) is 24.8. The van der Waals surface area contributed by atoms with Crippen molar-refractivity contribution in [3.63, 3.8) is 0 Å². The van der Waals surface area contributed by atoms with E-state index in [1.165, 1.54) is 16.4 Å². The van der Waals surface area contributed by atoms with Crippen LogP contribution < -0.4 is 0 Å². The number of hydrogen-bond donors (Lipinski definition) is 0. The van der Waals surface area contributed by atoms with Crippen molar-refractivity contribution in [2.24, 2.45) is 0 Å². The zero-order valence-electron chi connectivity index (χ0n) is 19.5. The van der Waals surface area contributed by atoms with Crippen molar-refractivity contribution < 1.29 is 13.2 Å². The fraction of sp³-hybridized carbons (Fsp3) is 0.185. The number of hydrogen-bond acceptors (Lipinski definition) is 5. The van der Waals surface area contributed by atoms with Crippen molar-refractivity contribution in [2.75, 3.05) is 13.1 Å². The number of amides is 1. The van der Waals surface area contributed by atoms with Crippen molar-refractivity contribution >= 4 is 38.2 Å². The van der Waals surface area contributed by atoms with E-state index in [9.17, 15) is 13.2 Å². The lowest BCUT2D eigenvalue weighted by atomic mass is 10.2. The highest BCUT2D eigenvalue weighted by Crippen LogP contribution is 2.25. The summed E-state index contributed by atoms with van der Waals surface area (Å²) in [4.78, 5) is 21.8. The fourth-order valence-electron chi connectivity index (χ4n) is 3.86. The molecule has 0 fully saturated rings. The van der Waals surface area contributed by atoms with Gasteiger partial charge < -0.3 is 4.90 Å². The van der Waals surface area contributed by atoms with E-state index < -0.39 is 10.0 Å². The number of carbonyl (C=O) groups is 1. The zero-order valence-corrected chi connectivity index (χ0v) is 21.1. The molecule has 0 aliphatic rings. The van der Waals surface area contributed by atoms with Gasteiger partial charge in [0.05, 0.1) is 18.6 Å². The molecule has 0 bridgehead atoms. The van der Waals surface area contributed by atoms with Gasteiger partial charge in [-0.15, -0.1) is 17.9 Å². The van der Waals surface area contributed by atoms with E-state index in [0.717, 1.165) is 20.7 Å². The van der Waals surface area contributed by atoms with Gasteiger partial charge in [-0.05, 0) is 36.8 Å². The monoisotopic (exact) mass is 505 g/mol. The summed E-state index contributed by atoms with van der Waals surface area (Å²) in [7, 11) is -4.01. The van der Waals surface area contributed by atoms with Gasteiger partial charge in [-0.1, -0.05) is 54.6 Å². The normalized spacial score (nSPS) is 11.6. The second kappa shape index (κ2) is 10.9. The summed E-state index contributed by atoms with van der Waals surface area (Å²) >= 11 is 1.63. The number of aryl methyl sites for hydroxylation is 1. The molecule has 2 aromatic heterocycles. The van der Waals surface area contributed by atoms with Crippen LogP contribution in [0.15, 0.2) is 96.5 Å². The second-order valence-corrected chi connectivity index (χ2v) is 11.4. The molecule has 4 aromatic rings. The Morgan fingerprint density at radius 2 is 1.77 bits per heavy atom. The number of thiophene rings is 1. The molecule has 6 nitrogen and oxygen atoms in total. The van der Waals surface area contributed by atoms with Crippen LogP contribution in [0.1, 0.15) is 15.3 Å². The topological polar surface area (TPSA) is 70.6 Å². The average molecular weight is 506 g/mol. The van der Waals surface area contributed by atoms with E-state index in [-0.39, 0.29) is 23.9 Å². The molecule has 2 heterocycles. The number of rotatable bonds is 10. The van der Waals surface area contributed by atoms with Crippen LogP contribution in [-0.2, 0) is 27.9 Å². The summed E-state index contributed by atoms with van der Waals surface area (Å²) in [6, 6.07) is 22.3. The van der Waals surface area contributed by atoms with Crippen LogP contribution in [0.5, 0.6) is 0 Å². The largest absolute Gasteiger partial charge is 0.332 e. The maximum atomic E-state index is 13.7. The molecule has 0 saturated heterocycles. The molecule has 8 heteroatoms. The van der Waals surface area contributed by atoms with Crippen LogP contribution in [0.4, 0.5) is 0 Å². The first kappa shape index (κ1) is 24.8. The van der Waals surface area contributed by atoms with Gasteiger partial charge in [0.15, 0.2) is 0 Å². The Morgan fingerprint density at radius 3 is 2.49 bits per heavy atom. The molecule has 35 heavy (non-hydrogen) atoms. The highest BCUT2D eigenvalue weighted by Gasteiger charge is 2.29. The molecule has 0 saturated carbocycles. The summed E-state index contributed by atoms with van der Waals surface area (Å²) in [6.07, 6.45) is 3.06. The fourth-order valence-corrected chi connectivity index (χ4v) is 6.29. The summed E-state index contributed by atoms with van der Waals surface area (Å²) in [6.45, 7) is 6.24. The minimum atomic E-state index is -4.01. The number of sulfonamides is 1. The first-order valence-electron chi connectivity index (χ1n) is 11.2. The Balaban J connectivity index is 1.64. The van der Waals surface area contributed by atoms with Gasteiger partial charge in [0.2, 0.25) is 15.9 Å². The van der Waals surface area contributed by atoms with E-state index in [1.807, 2.05) is 61.5 Å². The Labute approximate surface area is 210 Å². The lowest BCUT2D eigenvalue weighted by molar-refractivity contribution is -0.132. The van der Waals surface area contributed by atoms with Gasteiger partial charge in [0.1, 0.15) is 4.90 Å². The molecular weight excluding hydrogens is 478 g/mol. The standard InChI is InChI=1S/C27H27N3O3S2/c1-3-17-30(35(32,33)25-13-7-11-23-12-8-16-28-27(23)25)20-26(31)29(18-22-9-5-4-6-10-22)19-24-15-14-21(2)34-24/h3-16H,1,17-20H2,2H3. The third kappa shape index (κ3) is 5.85. The molecule has 1 amide bonds. The number of para-hydroxylation sites is 1. The summed E-state index contributed by atoms with van der Waals surface area (Å²) in [5, 5.41) is 0.720. The van der Waals surface area contributed by atoms with Crippen molar-refractivity contribution in [3.05, 3.63) is 107 Å². The SMILES string of the molecule is C=CCN(CC(=O)N(Cc1ccccc1)Cc1ccc(C)s1)S(=O)(=O)c1cccc2cccnc12. The molecule has 0 radical (unpaired) electrons. The van der Waals surface area contributed by atoms with Gasteiger partial charge in [-0.2, -0.15) is 4.31 Å². The van der Waals surface area contributed by atoms with Gasteiger partial charge in [0.25, 0.3) is 0 Å². The minimum absolute atomic E-state index is 0.00851. The molecular formula is C27H27N3O3S2. The lowest BCUT2D eigenvalue weighted by Crippen LogP contribution is -2.42. The second-order valence-electron chi connectivity index (χ2n) is 8.17. The van der Waals surface area contributed by atoms with E-state index in [0.29, 0.717) is 18.6 Å². The van der Waals surface area contributed by atoms with Crippen LogP contribution in [0.25, 0.3) is 10.9 Å². The van der Waals surface area contributed by atoms with Crippen molar-refractivity contribution in [1.29, 1.82) is 0 Å². The Morgan fingerprint density at radius 1 is 1.00 bits per heavy atom. The smallest absolute Gasteiger partial charge is 0.246 e. The van der Waals surface area contributed by atoms with Crippen LogP contribution in [-0.4, -0.2) is 41.6 Å².